The predicted molar refractivity (Wildman–Crippen MR) is 73.4 cm³/mol. The summed E-state index contributed by atoms with van der Waals surface area (Å²) >= 11 is 0. The highest BCUT2D eigenvalue weighted by Crippen LogP contribution is 2.32. The highest BCUT2D eigenvalue weighted by atomic mass is 16.2. The van der Waals surface area contributed by atoms with Gasteiger partial charge in [-0.25, -0.2) is 4.99 Å². The summed E-state index contributed by atoms with van der Waals surface area (Å²) in [6, 6.07) is -0.164. The Hall–Kier alpha value is -1.06. The van der Waals surface area contributed by atoms with Crippen molar-refractivity contribution in [3.63, 3.8) is 0 Å². The first-order valence-electron chi connectivity index (χ1n) is 7.02. The van der Waals surface area contributed by atoms with E-state index in [1.54, 1.807) is 0 Å². The van der Waals surface area contributed by atoms with Gasteiger partial charge in [-0.1, -0.05) is 19.8 Å². The van der Waals surface area contributed by atoms with Crippen molar-refractivity contribution in [1.29, 1.82) is 0 Å². The van der Waals surface area contributed by atoms with Crippen molar-refractivity contribution in [2.24, 2.45) is 16.8 Å². The number of hydrogen-bond acceptors (Lipinski definition) is 3. The van der Waals surface area contributed by atoms with Crippen molar-refractivity contribution < 1.29 is 4.79 Å². The molecule has 1 aliphatic carbocycles. The van der Waals surface area contributed by atoms with Crippen molar-refractivity contribution in [2.75, 3.05) is 0 Å². The molecule has 1 heterocycles. The van der Waals surface area contributed by atoms with Crippen molar-refractivity contribution in [2.45, 2.75) is 65.0 Å². The second kappa shape index (κ2) is 4.90. The van der Waals surface area contributed by atoms with Crippen LogP contribution in [-0.2, 0) is 4.79 Å². The van der Waals surface area contributed by atoms with E-state index in [2.05, 4.69) is 43.3 Å². The maximum Gasteiger partial charge on any atom is 0.251 e. The largest absolute Gasteiger partial charge is 0.351 e. The van der Waals surface area contributed by atoms with E-state index in [1.807, 2.05) is 0 Å². The molecule has 4 heteroatoms. The Morgan fingerprint density at radius 1 is 1.22 bits per heavy atom. The zero-order valence-corrected chi connectivity index (χ0v) is 11.9. The third-order valence-electron chi connectivity index (χ3n) is 3.78. The molecule has 0 bridgehead atoms. The third kappa shape index (κ3) is 3.24. The van der Waals surface area contributed by atoms with E-state index >= 15 is 0 Å². The summed E-state index contributed by atoms with van der Waals surface area (Å²) in [6.45, 7) is 8.49. The van der Waals surface area contributed by atoms with Gasteiger partial charge in [-0.05, 0) is 45.4 Å². The molecule has 0 spiro atoms. The topological polar surface area (TPSA) is 53.5 Å². The number of hydrogen-bond donors (Lipinski definition) is 2. The first kappa shape index (κ1) is 13.4. The molecule has 0 radical (unpaired) electrons. The van der Waals surface area contributed by atoms with Crippen LogP contribution in [-0.4, -0.2) is 23.4 Å². The molecule has 4 nitrogen and oxygen atoms in total. The van der Waals surface area contributed by atoms with Gasteiger partial charge in [0.1, 0.15) is 6.04 Å². The van der Waals surface area contributed by atoms with Crippen LogP contribution in [0, 0.1) is 11.8 Å². The van der Waals surface area contributed by atoms with E-state index in [0.717, 1.165) is 18.8 Å². The van der Waals surface area contributed by atoms with Crippen molar-refractivity contribution in [3.8, 4) is 0 Å². The van der Waals surface area contributed by atoms with Crippen LogP contribution in [0.25, 0.3) is 0 Å². The fourth-order valence-electron chi connectivity index (χ4n) is 2.76. The minimum Gasteiger partial charge on any atom is -0.351 e. The molecule has 1 atom stereocenters. The SMILES string of the molecule is CC1CCC(C2N=C(NC(C)(C)C)NC2=O)CC1. The summed E-state index contributed by atoms with van der Waals surface area (Å²) in [7, 11) is 0. The van der Waals surface area contributed by atoms with Crippen LogP contribution in [0.2, 0.25) is 0 Å². The highest BCUT2D eigenvalue weighted by molar-refractivity contribution is 6.05. The maximum absolute atomic E-state index is 12.0. The van der Waals surface area contributed by atoms with E-state index < -0.39 is 0 Å². The van der Waals surface area contributed by atoms with E-state index in [9.17, 15) is 4.79 Å². The van der Waals surface area contributed by atoms with Crippen LogP contribution in [0.1, 0.15) is 53.4 Å². The molecule has 1 saturated carbocycles. The lowest BCUT2D eigenvalue weighted by Gasteiger charge is -2.27. The van der Waals surface area contributed by atoms with Crippen LogP contribution >= 0.6 is 0 Å². The van der Waals surface area contributed by atoms with Crippen molar-refractivity contribution >= 4 is 11.9 Å². The minimum atomic E-state index is -0.164. The Morgan fingerprint density at radius 2 is 1.83 bits per heavy atom. The molecule has 1 unspecified atom stereocenters. The van der Waals surface area contributed by atoms with Gasteiger partial charge in [0.05, 0.1) is 0 Å². The number of guanidine groups is 1. The molecule has 2 N–H and O–H groups in total. The molecular formula is C14H25N3O. The summed E-state index contributed by atoms with van der Waals surface area (Å²) in [5, 5.41) is 6.11. The van der Waals surface area contributed by atoms with Crippen LogP contribution in [0.15, 0.2) is 4.99 Å². The lowest BCUT2D eigenvalue weighted by molar-refractivity contribution is -0.121. The maximum atomic E-state index is 12.0. The summed E-state index contributed by atoms with van der Waals surface area (Å²) in [4.78, 5) is 16.5. The zero-order chi connectivity index (χ0) is 13.3. The summed E-state index contributed by atoms with van der Waals surface area (Å²) in [6.07, 6.45) is 4.72. The average Bonchev–Trinajstić information content (AvgIpc) is 2.58. The van der Waals surface area contributed by atoms with Gasteiger partial charge in [0.2, 0.25) is 0 Å². The molecule has 18 heavy (non-hydrogen) atoms. The number of aliphatic imine (C=N–C) groups is 1. The Balaban J connectivity index is 1.98. The molecule has 0 aromatic rings. The molecular weight excluding hydrogens is 226 g/mol. The predicted octanol–water partition coefficient (Wildman–Crippen LogP) is 2.06. The Kier molecular flexibility index (Phi) is 3.64. The lowest BCUT2D eigenvalue weighted by Crippen LogP contribution is -2.47. The van der Waals surface area contributed by atoms with Gasteiger partial charge in [0.25, 0.3) is 5.91 Å². The van der Waals surface area contributed by atoms with Crippen LogP contribution in [0.3, 0.4) is 0 Å². The number of amides is 1. The normalized spacial score (nSPS) is 33.0. The molecule has 0 aromatic carbocycles. The minimum absolute atomic E-state index is 0.0674. The average molecular weight is 251 g/mol. The van der Waals surface area contributed by atoms with Crippen molar-refractivity contribution in [1.82, 2.24) is 10.6 Å². The summed E-state index contributed by atoms with van der Waals surface area (Å²) < 4.78 is 0. The third-order valence-corrected chi connectivity index (χ3v) is 3.78. The molecule has 0 aromatic heterocycles. The van der Waals surface area contributed by atoms with Gasteiger partial charge < -0.3 is 5.32 Å². The zero-order valence-electron chi connectivity index (χ0n) is 11.9. The quantitative estimate of drug-likeness (QED) is 0.749. The van der Waals surface area contributed by atoms with E-state index in [-0.39, 0.29) is 17.5 Å². The van der Waals surface area contributed by atoms with Gasteiger partial charge in [-0.3, -0.25) is 10.1 Å². The lowest BCUT2D eigenvalue weighted by atomic mass is 9.79. The van der Waals surface area contributed by atoms with E-state index in [0.29, 0.717) is 11.9 Å². The number of nitrogens with zero attached hydrogens (tertiary/aromatic N) is 1. The van der Waals surface area contributed by atoms with Gasteiger partial charge in [0, 0.05) is 5.54 Å². The molecule has 1 amide bonds. The number of rotatable bonds is 1. The highest BCUT2D eigenvalue weighted by Gasteiger charge is 2.35. The fourth-order valence-corrected chi connectivity index (χ4v) is 2.76. The van der Waals surface area contributed by atoms with Gasteiger partial charge in [-0.2, -0.15) is 0 Å². The van der Waals surface area contributed by atoms with Crippen molar-refractivity contribution in [3.05, 3.63) is 0 Å². The van der Waals surface area contributed by atoms with Crippen LogP contribution < -0.4 is 10.6 Å². The first-order chi connectivity index (χ1) is 8.35. The fraction of sp³-hybridized carbons (Fsp3) is 0.857. The molecule has 1 aliphatic heterocycles. The summed E-state index contributed by atoms with van der Waals surface area (Å²) in [5.41, 5.74) is -0.0674. The molecule has 0 saturated heterocycles. The van der Waals surface area contributed by atoms with Gasteiger partial charge in [0.15, 0.2) is 5.96 Å². The Labute approximate surface area is 110 Å². The summed E-state index contributed by atoms with van der Waals surface area (Å²) in [5.74, 6) is 1.96. The molecule has 102 valence electrons. The molecule has 1 fully saturated rings. The second-order valence-electron chi connectivity index (χ2n) is 6.81. The van der Waals surface area contributed by atoms with E-state index in [1.165, 1.54) is 12.8 Å². The monoisotopic (exact) mass is 251 g/mol. The number of carbonyl (C=O) groups is 1. The Bertz CT molecular complexity index is 349. The molecule has 2 rings (SSSR count). The van der Waals surface area contributed by atoms with E-state index in [4.69, 9.17) is 0 Å². The van der Waals surface area contributed by atoms with Gasteiger partial charge in [-0.15, -0.1) is 0 Å². The number of nitrogens with one attached hydrogen (secondary N) is 2. The first-order valence-corrected chi connectivity index (χ1v) is 7.02. The second-order valence-corrected chi connectivity index (χ2v) is 6.81. The van der Waals surface area contributed by atoms with Crippen LogP contribution in [0.4, 0.5) is 0 Å². The standard InChI is InChI=1S/C14H25N3O/c1-9-5-7-10(8-6-9)11-12(18)16-13(15-11)17-14(2,3)4/h9-11H,5-8H2,1-4H3,(H2,15,16,17,18). The Morgan fingerprint density at radius 3 is 2.39 bits per heavy atom. The smallest absolute Gasteiger partial charge is 0.251 e. The molecule has 2 aliphatic rings. The number of carbonyl (C=O) groups excluding carboxylic acids is 1. The van der Waals surface area contributed by atoms with Gasteiger partial charge >= 0.3 is 0 Å². The van der Waals surface area contributed by atoms with Crippen LogP contribution in [0.5, 0.6) is 0 Å².